The van der Waals surface area contributed by atoms with Gasteiger partial charge < -0.3 is 24.6 Å². The van der Waals surface area contributed by atoms with Gasteiger partial charge in [0.15, 0.2) is 16.6 Å². The van der Waals surface area contributed by atoms with Crippen molar-refractivity contribution in [2.75, 3.05) is 51.5 Å². The van der Waals surface area contributed by atoms with Gasteiger partial charge in [-0.3, -0.25) is 9.69 Å². The number of benzene rings is 2. The molecule has 0 unspecified atom stereocenters. The van der Waals surface area contributed by atoms with E-state index in [2.05, 4.69) is 15.1 Å². The molecule has 1 amide bonds. The van der Waals surface area contributed by atoms with Gasteiger partial charge in [-0.2, -0.15) is 0 Å². The maximum absolute atomic E-state index is 12.6. The van der Waals surface area contributed by atoms with Gasteiger partial charge in [0.1, 0.15) is 0 Å². The molecular weight excluding hydrogens is 400 g/mol. The van der Waals surface area contributed by atoms with Crippen molar-refractivity contribution in [1.29, 1.82) is 0 Å². The number of anilines is 1. The van der Waals surface area contributed by atoms with Crippen LogP contribution in [0.3, 0.4) is 0 Å². The number of nitrogens with zero attached hydrogens (tertiary/aromatic N) is 3. The highest BCUT2D eigenvalue weighted by Crippen LogP contribution is 2.32. The molecule has 2 heterocycles. The second-order valence-corrected chi connectivity index (χ2v) is 7.78. The van der Waals surface area contributed by atoms with Crippen LogP contribution >= 0.6 is 12.2 Å². The molecule has 0 aliphatic carbocycles. The Hall–Kier alpha value is -2.84. The van der Waals surface area contributed by atoms with Crippen molar-refractivity contribution < 1.29 is 14.3 Å². The van der Waals surface area contributed by atoms with Gasteiger partial charge >= 0.3 is 0 Å². The number of hydrogen-bond acceptors (Lipinski definition) is 5. The van der Waals surface area contributed by atoms with Crippen LogP contribution < -0.4 is 19.7 Å². The van der Waals surface area contributed by atoms with E-state index < -0.39 is 0 Å². The number of hydrogen-bond donors (Lipinski definition) is 1. The third-order valence-corrected chi connectivity index (χ3v) is 5.82. The molecule has 0 spiro atoms. The molecule has 8 heteroatoms. The Morgan fingerprint density at radius 1 is 1.07 bits per heavy atom. The summed E-state index contributed by atoms with van der Waals surface area (Å²) in [7, 11) is 1.82. The van der Waals surface area contributed by atoms with Crippen molar-refractivity contribution in [3.8, 4) is 11.5 Å². The minimum Gasteiger partial charge on any atom is -0.454 e. The van der Waals surface area contributed by atoms with E-state index in [1.165, 1.54) is 0 Å². The standard InChI is InChI=1S/C22H26N4O3S/c1-24(18-5-3-2-4-6-18)21(27)15-25-9-11-26(12-10-25)22(30)23-14-17-7-8-19-20(13-17)29-16-28-19/h2-8,13H,9-12,14-16H2,1H3,(H,23,30). The molecule has 2 aromatic carbocycles. The van der Waals surface area contributed by atoms with Crippen LogP contribution in [0.25, 0.3) is 0 Å². The summed E-state index contributed by atoms with van der Waals surface area (Å²) in [6.07, 6.45) is 0. The van der Waals surface area contributed by atoms with E-state index in [4.69, 9.17) is 21.7 Å². The molecule has 0 saturated carbocycles. The third kappa shape index (κ3) is 4.83. The normalized spacial score (nSPS) is 15.7. The molecule has 1 N–H and O–H groups in total. The zero-order valence-electron chi connectivity index (χ0n) is 17.0. The van der Waals surface area contributed by atoms with E-state index in [1.54, 1.807) is 4.90 Å². The number of carbonyl (C=O) groups excluding carboxylic acids is 1. The fourth-order valence-electron chi connectivity index (χ4n) is 3.54. The first kappa shape index (κ1) is 20.4. The number of fused-ring (bicyclic) bond motifs is 1. The minimum atomic E-state index is 0.0955. The van der Waals surface area contributed by atoms with E-state index in [-0.39, 0.29) is 12.7 Å². The van der Waals surface area contributed by atoms with Gasteiger partial charge in [0.25, 0.3) is 0 Å². The fourth-order valence-corrected chi connectivity index (χ4v) is 3.80. The van der Waals surface area contributed by atoms with Gasteiger partial charge in [0.2, 0.25) is 12.7 Å². The molecule has 0 bridgehead atoms. The number of thiocarbonyl (C=S) groups is 1. The lowest BCUT2D eigenvalue weighted by atomic mass is 10.2. The van der Waals surface area contributed by atoms with E-state index in [0.29, 0.717) is 13.1 Å². The first-order chi connectivity index (χ1) is 14.6. The summed E-state index contributed by atoms with van der Waals surface area (Å²) in [6, 6.07) is 15.6. The van der Waals surface area contributed by atoms with Crippen molar-refractivity contribution in [2.45, 2.75) is 6.54 Å². The zero-order valence-corrected chi connectivity index (χ0v) is 17.9. The summed E-state index contributed by atoms with van der Waals surface area (Å²) in [4.78, 5) is 18.6. The van der Waals surface area contributed by atoms with Gasteiger partial charge in [-0.15, -0.1) is 0 Å². The van der Waals surface area contributed by atoms with Crippen LogP contribution in [0.2, 0.25) is 0 Å². The highest BCUT2D eigenvalue weighted by Gasteiger charge is 2.22. The second kappa shape index (κ2) is 9.32. The monoisotopic (exact) mass is 426 g/mol. The van der Waals surface area contributed by atoms with E-state index in [9.17, 15) is 4.79 Å². The van der Waals surface area contributed by atoms with Crippen LogP contribution in [-0.4, -0.2) is 67.4 Å². The predicted molar refractivity (Wildman–Crippen MR) is 120 cm³/mol. The Morgan fingerprint density at radius 3 is 2.57 bits per heavy atom. The van der Waals surface area contributed by atoms with Gasteiger partial charge in [0.05, 0.1) is 6.54 Å². The van der Waals surface area contributed by atoms with E-state index >= 15 is 0 Å². The summed E-state index contributed by atoms with van der Waals surface area (Å²) >= 11 is 5.57. The molecule has 1 saturated heterocycles. The average molecular weight is 427 g/mol. The molecule has 1 fully saturated rings. The van der Waals surface area contributed by atoms with Gasteiger partial charge in [-0.1, -0.05) is 24.3 Å². The Balaban J connectivity index is 1.21. The number of rotatable bonds is 5. The van der Waals surface area contributed by atoms with Crippen molar-refractivity contribution in [3.05, 3.63) is 54.1 Å². The smallest absolute Gasteiger partial charge is 0.240 e. The highest BCUT2D eigenvalue weighted by atomic mass is 32.1. The Kier molecular flexibility index (Phi) is 6.35. The van der Waals surface area contributed by atoms with Crippen molar-refractivity contribution in [3.63, 3.8) is 0 Å². The predicted octanol–water partition coefficient (Wildman–Crippen LogP) is 2.07. The SMILES string of the molecule is CN(C(=O)CN1CCN(C(=S)NCc2ccc3c(c2)OCO3)CC1)c1ccccc1. The van der Waals surface area contributed by atoms with Crippen LogP contribution in [0.4, 0.5) is 5.69 Å². The zero-order chi connectivity index (χ0) is 20.9. The third-order valence-electron chi connectivity index (χ3n) is 5.42. The Labute approximate surface area is 182 Å². The average Bonchev–Trinajstić information content (AvgIpc) is 3.26. The lowest BCUT2D eigenvalue weighted by Gasteiger charge is -2.36. The molecule has 30 heavy (non-hydrogen) atoms. The summed E-state index contributed by atoms with van der Waals surface area (Å²) in [5.41, 5.74) is 2.00. The van der Waals surface area contributed by atoms with Crippen molar-refractivity contribution in [1.82, 2.24) is 15.1 Å². The highest BCUT2D eigenvalue weighted by molar-refractivity contribution is 7.80. The van der Waals surface area contributed by atoms with Gasteiger partial charge in [-0.25, -0.2) is 0 Å². The van der Waals surface area contributed by atoms with E-state index in [0.717, 1.165) is 54.0 Å². The number of ether oxygens (including phenoxy) is 2. The van der Waals surface area contributed by atoms with Crippen LogP contribution in [0, 0.1) is 0 Å². The molecule has 0 atom stereocenters. The number of likely N-dealkylation sites (N-methyl/N-ethyl adjacent to an activating group) is 1. The van der Waals surface area contributed by atoms with Crippen LogP contribution in [0.15, 0.2) is 48.5 Å². The molecule has 0 radical (unpaired) electrons. The second-order valence-electron chi connectivity index (χ2n) is 7.40. The summed E-state index contributed by atoms with van der Waals surface area (Å²) in [6.45, 7) is 4.54. The first-order valence-corrected chi connectivity index (χ1v) is 10.5. The fraction of sp³-hybridized carbons (Fsp3) is 0.364. The van der Waals surface area contributed by atoms with Crippen LogP contribution in [0.1, 0.15) is 5.56 Å². The number of carbonyl (C=O) groups is 1. The number of amides is 1. The quantitative estimate of drug-likeness (QED) is 0.735. The topological polar surface area (TPSA) is 57.3 Å². The van der Waals surface area contributed by atoms with E-state index in [1.807, 2.05) is 55.6 Å². The van der Waals surface area contributed by atoms with Gasteiger partial charge in [-0.05, 0) is 42.0 Å². The molecule has 4 rings (SSSR count). The summed E-state index contributed by atoms with van der Waals surface area (Å²) in [5, 5.41) is 4.06. The molecule has 7 nitrogen and oxygen atoms in total. The maximum atomic E-state index is 12.6. The maximum Gasteiger partial charge on any atom is 0.240 e. The number of piperazine rings is 1. The van der Waals surface area contributed by atoms with Crippen molar-refractivity contribution in [2.24, 2.45) is 0 Å². The summed E-state index contributed by atoms with van der Waals surface area (Å²) in [5.74, 6) is 1.65. The number of para-hydroxylation sites is 1. The largest absolute Gasteiger partial charge is 0.454 e. The molecule has 158 valence electrons. The minimum absolute atomic E-state index is 0.0955. The Bertz CT molecular complexity index is 901. The lowest BCUT2D eigenvalue weighted by molar-refractivity contribution is -0.119. The molecule has 0 aromatic heterocycles. The molecule has 2 aliphatic heterocycles. The van der Waals surface area contributed by atoms with Crippen LogP contribution in [-0.2, 0) is 11.3 Å². The number of nitrogens with one attached hydrogen (secondary N) is 1. The lowest BCUT2D eigenvalue weighted by Crippen LogP contribution is -2.53. The van der Waals surface area contributed by atoms with Crippen molar-refractivity contribution >= 4 is 28.9 Å². The van der Waals surface area contributed by atoms with Gasteiger partial charge in [0, 0.05) is 45.5 Å². The van der Waals surface area contributed by atoms with Crippen LogP contribution in [0.5, 0.6) is 11.5 Å². The Morgan fingerprint density at radius 2 is 1.80 bits per heavy atom. The first-order valence-electron chi connectivity index (χ1n) is 10.1. The molecular formula is C22H26N4O3S. The molecule has 2 aromatic rings. The molecule has 2 aliphatic rings. The summed E-state index contributed by atoms with van der Waals surface area (Å²) < 4.78 is 10.8.